The number of rotatable bonds is 8. The SMILES string of the molecule is CCCCC(=O)c1[nH]c2cc(C)c(C(=O)[O-])cc2c1CCc1ccccc1.[Na+]. The van der Waals surface area contributed by atoms with Crippen LogP contribution >= 0.6 is 0 Å². The van der Waals surface area contributed by atoms with Gasteiger partial charge in [0, 0.05) is 22.9 Å². The molecule has 140 valence electrons. The number of carbonyl (C=O) groups is 2. The number of ketones is 1. The number of H-pyrrole nitrogens is 1. The number of fused-ring (bicyclic) bond motifs is 1. The quantitative estimate of drug-likeness (QED) is 0.465. The van der Waals surface area contributed by atoms with Gasteiger partial charge in [-0.05, 0) is 55.0 Å². The minimum atomic E-state index is -1.19. The van der Waals surface area contributed by atoms with Crippen LogP contribution in [0.1, 0.15) is 63.7 Å². The maximum absolute atomic E-state index is 12.7. The normalized spacial score (nSPS) is 10.6. The Labute approximate surface area is 187 Å². The first-order valence-electron chi connectivity index (χ1n) is 9.45. The van der Waals surface area contributed by atoms with Crippen molar-refractivity contribution in [3.63, 3.8) is 0 Å². The van der Waals surface area contributed by atoms with Crippen LogP contribution in [-0.4, -0.2) is 16.7 Å². The Balaban J connectivity index is 0.00000280. The fraction of sp³-hybridized carbons (Fsp3) is 0.304. The van der Waals surface area contributed by atoms with Crippen LogP contribution in [0, 0.1) is 6.92 Å². The van der Waals surface area contributed by atoms with Gasteiger partial charge in [-0.25, -0.2) is 0 Å². The summed E-state index contributed by atoms with van der Waals surface area (Å²) >= 11 is 0. The number of aromatic carboxylic acids is 1. The fourth-order valence-electron chi connectivity index (χ4n) is 3.50. The van der Waals surface area contributed by atoms with Crippen molar-refractivity contribution in [3.8, 4) is 0 Å². The number of hydrogen-bond acceptors (Lipinski definition) is 3. The first-order valence-corrected chi connectivity index (χ1v) is 9.45. The van der Waals surface area contributed by atoms with E-state index in [1.807, 2.05) is 18.2 Å². The molecule has 0 saturated carbocycles. The summed E-state index contributed by atoms with van der Waals surface area (Å²) in [5.74, 6) is -1.10. The molecular weight excluding hydrogens is 361 g/mol. The van der Waals surface area contributed by atoms with E-state index >= 15 is 0 Å². The summed E-state index contributed by atoms with van der Waals surface area (Å²) in [6.07, 6.45) is 3.76. The second kappa shape index (κ2) is 10.1. The third-order valence-electron chi connectivity index (χ3n) is 5.01. The van der Waals surface area contributed by atoms with Crippen LogP contribution in [0.15, 0.2) is 42.5 Å². The van der Waals surface area contributed by atoms with E-state index < -0.39 is 5.97 Å². The van der Waals surface area contributed by atoms with Gasteiger partial charge in [0.1, 0.15) is 0 Å². The number of unbranched alkanes of at least 4 members (excludes halogenated alkanes) is 1. The molecule has 5 heteroatoms. The van der Waals surface area contributed by atoms with Gasteiger partial charge in [-0.1, -0.05) is 43.7 Å². The number of aryl methyl sites for hydroxylation is 3. The zero-order valence-electron chi connectivity index (χ0n) is 16.8. The molecule has 0 aliphatic carbocycles. The van der Waals surface area contributed by atoms with Gasteiger partial charge in [0.2, 0.25) is 0 Å². The van der Waals surface area contributed by atoms with Gasteiger partial charge in [0.15, 0.2) is 5.78 Å². The van der Waals surface area contributed by atoms with Crippen LogP contribution in [0.5, 0.6) is 0 Å². The minimum Gasteiger partial charge on any atom is -0.545 e. The predicted molar refractivity (Wildman–Crippen MR) is 105 cm³/mol. The third-order valence-corrected chi connectivity index (χ3v) is 5.01. The molecule has 0 bridgehead atoms. The molecule has 3 aromatic rings. The monoisotopic (exact) mass is 385 g/mol. The topological polar surface area (TPSA) is 73.0 Å². The van der Waals surface area contributed by atoms with Gasteiger partial charge in [-0.2, -0.15) is 0 Å². The number of benzene rings is 2. The molecule has 1 N–H and O–H groups in total. The third kappa shape index (κ3) is 4.93. The average molecular weight is 385 g/mol. The first kappa shape index (κ1) is 22.4. The molecule has 2 aromatic carbocycles. The Morgan fingerprint density at radius 2 is 1.79 bits per heavy atom. The van der Waals surface area contributed by atoms with Crippen molar-refractivity contribution in [2.45, 2.75) is 46.0 Å². The van der Waals surface area contributed by atoms with Crippen molar-refractivity contribution < 1.29 is 44.3 Å². The second-order valence-corrected chi connectivity index (χ2v) is 6.99. The Morgan fingerprint density at radius 1 is 1.07 bits per heavy atom. The first-order chi connectivity index (χ1) is 13.0. The largest absolute Gasteiger partial charge is 1.00 e. The number of hydrogen-bond donors (Lipinski definition) is 1. The second-order valence-electron chi connectivity index (χ2n) is 6.99. The molecule has 1 aromatic heterocycles. The van der Waals surface area contributed by atoms with Gasteiger partial charge in [0.05, 0.1) is 11.7 Å². The van der Waals surface area contributed by atoms with Gasteiger partial charge in [0.25, 0.3) is 0 Å². The molecule has 0 aliphatic heterocycles. The fourth-order valence-corrected chi connectivity index (χ4v) is 3.50. The van der Waals surface area contributed by atoms with Crippen LogP contribution < -0.4 is 34.7 Å². The van der Waals surface area contributed by atoms with Crippen LogP contribution in [0.4, 0.5) is 0 Å². The molecule has 0 atom stereocenters. The Morgan fingerprint density at radius 3 is 2.43 bits per heavy atom. The molecule has 0 radical (unpaired) electrons. The zero-order valence-corrected chi connectivity index (χ0v) is 18.8. The van der Waals surface area contributed by atoms with Crippen LogP contribution in [0.3, 0.4) is 0 Å². The van der Waals surface area contributed by atoms with Gasteiger partial charge in [-0.3, -0.25) is 4.79 Å². The number of aromatic nitrogens is 1. The summed E-state index contributed by atoms with van der Waals surface area (Å²) in [5.41, 5.74) is 4.31. The van der Waals surface area contributed by atoms with Crippen LogP contribution in [0.25, 0.3) is 10.9 Å². The summed E-state index contributed by atoms with van der Waals surface area (Å²) in [7, 11) is 0. The summed E-state index contributed by atoms with van der Waals surface area (Å²) in [4.78, 5) is 27.5. The number of carboxylic acid groups (broad SMARTS) is 1. The summed E-state index contributed by atoms with van der Waals surface area (Å²) < 4.78 is 0. The molecule has 0 aliphatic rings. The minimum absolute atomic E-state index is 0. The maximum atomic E-state index is 12.7. The van der Waals surface area contributed by atoms with Gasteiger partial charge < -0.3 is 14.9 Å². The maximum Gasteiger partial charge on any atom is 1.00 e. The van der Waals surface area contributed by atoms with E-state index in [0.29, 0.717) is 24.1 Å². The van der Waals surface area contributed by atoms with Gasteiger partial charge in [-0.15, -0.1) is 0 Å². The molecule has 0 spiro atoms. The number of Topliss-reactive ketones (excluding diaryl/α,β-unsaturated/α-hetero) is 1. The molecular formula is C23H24NNaO3. The summed E-state index contributed by atoms with van der Waals surface area (Å²) in [6.45, 7) is 3.80. The molecule has 3 rings (SSSR count). The van der Waals surface area contributed by atoms with E-state index in [2.05, 4.69) is 24.0 Å². The molecule has 28 heavy (non-hydrogen) atoms. The zero-order chi connectivity index (χ0) is 19.4. The molecule has 0 saturated heterocycles. The van der Waals surface area contributed by atoms with Crippen molar-refractivity contribution in [1.29, 1.82) is 0 Å². The van der Waals surface area contributed by atoms with Crippen molar-refractivity contribution in [2.24, 2.45) is 0 Å². The van der Waals surface area contributed by atoms with Crippen molar-refractivity contribution >= 4 is 22.7 Å². The van der Waals surface area contributed by atoms with Crippen LogP contribution in [0.2, 0.25) is 0 Å². The smallest absolute Gasteiger partial charge is 0.545 e. The number of carbonyl (C=O) groups excluding carboxylic acids is 2. The Bertz CT molecular complexity index is 976. The van der Waals surface area contributed by atoms with E-state index in [9.17, 15) is 14.7 Å². The van der Waals surface area contributed by atoms with Crippen molar-refractivity contribution in [3.05, 3.63) is 70.4 Å². The standard InChI is InChI=1S/C23H25NO3.Na/c1-3-4-10-21(25)22-17(12-11-16-8-6-5-7-9-16)19-14-18(23(26)27)15(2)13-20(19)24-22;/h5-9,13-14,24H,3-4,10-12H2,1-2H3,(H,26,27);/q;+1/p-1. The van der Waals surface area contributed by atoms with Crippen molar-refractivity contribution in [1.82, 2.24) is 4.98 Å². The van der Waals surface area contributed by atoms with Crippen molar-refractivity contribution in [2.75, 3.05) is 0 Å². The van der Waals surface area contributed by atoms with E-state index in [-0.39, 0.29) is 40.9 Å². The number of nitrogens with one attached hydrogen (secondary N) is 1. The average Bonchev–Trinajstić information content (AvgIpc) is 3.01. The molecule has 4 nitrogen and oxygen atoms in total. The van der Waals surface area contributed by atoms with E-state index in [1.165, 1.54) is 5.56 Å². The summed E-state index contributed by atoms with van der Waals surface area (Å²) in [6, 6.07) is 13.5. The van der Waals surface area contributed by atoms with E-state index in [4.69, 9.17) is 0 Å². The molecule has 0 unspecified atom stereocenters. The Kier molecular flexibility index (Phi) is 8.05. The van der Waals surface area contributed by atoms with Gasteiger partial charge >= 0.3 is 29.6 Å². The Hall–Kier alpha value is -1.88. The van der Waals surface area contributed by atoms with E-state index in [0.717, 1.165) is 35.7 Å². The van der Waals surface area contributed by atoms with Crippen LogP contribution in [-0.2, 0) is 12.8 Å². The summed E-state index contributed by atoms with van der Waals surface area (Å²) in [5, 5.41) is 12.3. The van der Waals surface area contributed by atoms with E-state index in [1.54, 1.807) is 19.1 Å². The number of carboxylic acids is 1. The number of aromatic amines is 1. The predicted octanol–water partition coefficient (Wildman–Crippen LogP) is 1.00. The molecule has 0 fully saturated rings. The molecule has 1 heterocycles. The molecule has 0 amide bonds.